The van der Waals surface area contributed by atoms with Gasteiger partial charge in [0.1, 0.15) is 6.17 Å². The number of thioether (sulfide) groups is 1. The van der Waals surface area contributed by atoms with E-state index < -0.39 is 34.0 Å². The third kappa shape index (κ3) is 9.47. The molecule has 0 radical (unpaired) electrons. The highest BCUT2D eigenvalue weighted by atomic mass is 32.2. The molecule has 0 spiro atoms. The number of hydrogen-bond donors (Lipinski definition) is 2. The Morgan fingerprint density at radius 1 is 1.13 bits per heavy atom. The minimum atomic E-state index is -4.58. The topological polar surface area (TPSA) is 111 Å². The number of nitrogens with zero attached hydrogens (tertiary/aromatic N) is 5. The molecule has 47 heavy (non-hydrogen) atoms. The number of carbonyl (C=O) groups excluding carboxylic acids is 1. The Bertz CT molecular complexity index is 1510. The predicted molar refractivity (Wildman–Crippen MR) is 172 cm³/mol. The molecule has 1 aromatic carbocycles. The van der Waals surface area contributed by atoms with E-state index >= 15 is 0 Å². The van der Waals surface area contributed by atoms with Crippen molar-refractivity contribution in [2.24, 2.45) is 0 Å². The molecule has 5 rings (SSSR count). The summed E-state index contributed by atoms with van der Waals surface area (Å²) in [4.78, 5) is 15.5. The Morgan fingerprint density at radius 2 is 1.87 bits per heavy atom. The summed E-state index contributed by atoms with van der Waals surface area (Å²) in [6.07, 6.45) is -2.05. The number of carbonyl (C=O) groups is 1. The zero-order valence-corrected chi connectivity index (χ0v) is 28.4. The molecule has 2 atom stereocenters. The summed E-state index contributed by atoms with van der Waals surface area (Å²) >= 11 is 1.07. The van der Waals surface area contributed by atoms with Crippen LogP contribution in [0, 0.1) is 0 Å². The molecule has 4 heterocycles. The van der Waals surface area contributed by atoms with Crippen LogP contribution >= 0.6 is 11.8 Å². The highest BCUT2D eigenvalue weighted by molar-refractivity contribution is 7.99. The number of β-amino-alcohol motifs (C(OH)–C–C–N with tert-alkyl or cyclic N) is 1. The summed E-state index contributed by atoms with van der Waals surface area (Å²) in [6, 6.07) is 3.98. The predicted octanol–water partition coefficient (Wildman–Crippen LogP) is 3.37. The van der Waals surface area contributed by atoms with Crippen molar-refractivity contribution in [1.82, 2.24) is 29.2 Å². The Kier molecular flexibility index (Phi) is 11.6. The molecule has 0 aliphatic carbocycles. The van der Waals surface area contributed by atoms with Crippen molar-refractivity contribution in [3.05, 3.63) is 35.0 Å². The van der Waals surface area contributed by atoms with Gasteiger partial charge in [0.2, 0.25) is 15.9 Å². The number of sulfonamides is 1. The van der Waals surface area contributed by atoms with E-state index in [0.29, 0.717) is 61.6 Å². The number of alkyl halides is 4. The minimum Gasteiger partial charge on any atom is -0.390 e. The van der Waals surface area contributed by atoms with Crippen molar-refractivity contribution in [3.8, 4) is 11.3 Å². The second kappa shape index (κ2) is 15.1. The second-order valence-electron chi connectivity index (χ2n) is 12.8. The zero-order chi connectivity index (χ0) is 33.9. The van der Waals surface area contributed by atoms with Crippen molar-refractivity contribution in [2.45, 2.75) is 81.5 Å². The van der Waals surface area contributed by atoms with Crippen molar-refractivity contribution in [3.63, 3.8) is 0 Å². The fourth-order valence-electron chi connectivity index (χ4n) is 6.74. The molecule has 1 amide bonds. The number of aromatic nitrogens is 2. The lowest BCUT2D eigenvalue weighted by atomic mass is 10.0. The standard InChI is InChI=1S/C31H44F4N6O4S2/c1-21(42)36-24-7-11-39(12-8-24)18-25(43)19-41-28-9-13-40(47(2,44)45)20-26(28)30(37-41)22-5-6-27(31(33,34)35)29(16-22)46-15-14-38-10-3-4-23(32)17-38/h5-6,16,23-25,43H,3-4,7-15,17-20H2,1-2H3,(H,36,42)/t23?,25-/m0/s1. The molecule has 0 saturated carbocycles. The monoisotopic (exact) mass is 704 g/mol. The third-order valence-corrected chi connectivity index (χ3v) is 11.4. The van der Waals surface area contributed by atoms with Crippen molar-refractivity contribution in [1.29, 1.82) is 0 Å². The number of amides is 1. The molecule has 1 aromatic heterocycles. The molecule has 1 unspecified atom stereocenters. The number of likely N-dealkylation sites (tertiary alicyclic amines) is 2. The number of nitrogens with one attached hydrogen (secondary N) is 1. The average Bonchev–Trinajstić information content (AvgIpc) is 3.34. The summed E-state index contributed by atoms with van der Waals surface area (Å²) in [6.45, 7) is 5.17. The summed E-state index contributed by atoms with van der Waals surface area (Å²) in [7, 11) is -3.54. The van der Waals surface area contributed by atoms with Crippen LogP contribution in [0.25, 0.3) is 11.3 Å². The quantitative estimate of drug-likeness (QED) is 0.271. The molecule has 10 nitrogen and oxygen atoms in total. The number of piperidine rings is 2. The zero-order valence-electron chi connectivity index (χ0n) is 26.8. The Morgan fingerprint density at radius 3 is 2.53 bits per heavy atom. The van der Waals surface area contributed by atoms with E-state index in [0.717, 1.165) is 55.6 Å². The fraction of sp³-hybridized carbons (Fsp3) is 0.677. The molecule has 0 bridgehead atoms. The van der Waals surface area contributed by atoms with Crippen molar-refractivity contribution >= 4 is 27.7 Å². The van der Waals surface area contributed by atoms with Crippen LogP contribution in [-0.4, -0.2) is 119 Å². The van der Waals surface area contributed by atoms with E-state index in [-0.39, 0.29) is 43.0 Å². The van der Waals surface area contributed by atoms with Crippen molar-refractivity contribution < 1.29 is 35.9 Å². The first-order valence-electron chi connectivity index (χ1n) is 16.1. The minimum absolute atomic E-state index is 0.0269. The maximum atomic E-state index is 14.1. The fourth-order valence-corrected chi connectivity index (χ4v) is 8.65. The molecule has 2 fully saturated rings. The lowest BCUT2D eigenvalue weighted by Gasteiger charge is -2.33. The Labute approximate surface area is 277 Å². The van der Waals surface area contributed by atoms with Crippen LogP contribution in [0.3, 0.4) is 0 Å². The molecule has 2 saturated heterocycles. The third-order valence-electron chi connectivity index (χ3n) is 9.09. The summed E-state index contributed by atoms with van der Waals surface area (Å²) in [5.41, 5.74) is 1.43. The van der Waals surface area contributed by atoms with Crippen LogP contribution < -0.4 is 5.32 Å². The second-order valence-corrected chi connectivity index (χ2v) is 15.9. The summed E-state index contributed by atoms with van der Waals surface area (Å²) in [5.74, 6) is 0.284. The van der Waals surface area contributed by atoms with Crippen LogP contribution in [0.2, 0.25) is 0 Å². The van der Waals surface area contributed by atoms with Crippen molar-refractivity contribution in [2.75, 3.05) is 57.8 Å². The van der Waals surface area contributed by atoms with E-state index in [1.165, 1.54) is 23.4 Å². The molecular formula is C31H44F4N6O4S2. The number of benzene rings is 1. The first kappa shape index (κ1) is 36.1. The molecule has 16 heteroatoms. The van der Waals surface area contributed by atoms with Gasteiger partial charge in [-0.2, -0.15) is 22.6 Å². The Hall–Kier alpha value is -2.24. The maximum Gasteiger partial charge on any atom is 0.417 e. The number of rotatable bonds is 11. The van der Waals surface area contributed by atoms with Crippen LogP contribution in [0.5, 0.6) is 0 Å². The largest absolute Gasteiger partial charge is 0.417 e. The number of aliphatic hydroxyl groups is 1. The van der Waals surface area contributed by atoms with Gasteiger partial charge in [-0.05, 0) is 44.4 Å². The maximum absolute atomic E-state index is 14.1. The summed E-state index contributed by atoms with van der Waals surface area (Å²) in [5, 5.41) is 18.8. The van der Waals surface area contributed by atoms with Gasteiger partial charge < -0.3 is 15.3 Å². The van der Waals surface area contributed by atoms with E-state index in [1.54, 1.807) is 4.68 Å². The van der Waals surface area contributed by atoms with Gasteiger partial charge in [-0.3, -0.25) is 14.4 Å². The SMILES string of the molecule is CC(=O)NC1CCN(C[C@H](O)Cn2nc(-c3ccc(C(F)(F)F)c(SCCN4CCCC(F)C4)c3)c3c2CCN(S(C)(=O)=O)C3)CC1. The van der Waals surface area contributed by atoms with Gasteiger partial charge in [0.15, 0.2) is 0 Å². The molecular weight excluding hydrogens is 661 g/mol. The Balaban J connectivity index is 1.37. The number of halogens is 4. The van der Waals surface area contributed by atoms with Crippen LogP contribution in [0.1, 0.15) is 49.4 Å². The lowest BCUT2D eigenvalue weighted by molar-refractivity contribution is -0.139. The van der Waals surface area contributed by atoms with E-state index in [1.807, 2.05) is 4.90 Å². The first-order valence-corrected chi connectivity index (χ1v) is 18.9. The highest BCUT2D eigenvalue weighted by Crippen LogP contribution is 2.40. The van der Waals surface area contributed by atoms with E-state index in [9.17, 15) is 35.9 Å². The van der Waals surface area contributed by atoms with Gasteiger partial charge in [-0.15, -0.1) is 11.8 Å². The first-order chi connectivity index (χ1) is 22.2. The van der Waals surface area contributed by atoms with E-state index in [2.05, 4.69) is 10.2 Å². The van der Waals surface area contributed by atoms with Crippen LogP contribution in [0.4, 0.5) is 17.6 Å². The van der Waals surface area contributed by atoms with Crippen LogP contribution in [-0.2, 0) is 40.5 Å². The number of fused-ring (bicyclic) bond motifs is 1. The van der Waals surface area contributed by atoms with Gasteiger partial charge >= 0.3 is 6.18 Å². The molecule has 2 aromatic rings. The molecule has 262 valence electrons. The average molecular weight is 705 g/mol. The number of hydrogen-bond acceptors (Lipinski definition) is 8. The normalized spacial score (nSPS) is 21.5. The van der Waals surface area contributed by atoms with Gasteiger partial charge in [0.05, 0.1) is 30.2 Å². The summed E-state index contributed by atoms with van der Waals surface area (Å²) < 4.78 is 84.0. The lowest BCUT2D eigenvalue weighted by Crippen LogP contribution is -2.46. The molecule has 3 aliphatic rings. The highest BCUT2D eigenvalue weighted by Gasteiger charge is 2.35. The molecule has 3 aliphatic heterocycles. The van der Waals surface area contributed by atoms with Crippen LogP contribution in [0.15, 0.2) is 23.1 Å². The smallest absolute Gasteiger partial charge is 0.390 e. The molecule has 2 N–H and O–H groups in total. The van der Waals surface area contributed by atoms with Gasteiger partial charge in [-0.1, -0.05) is 6.07 Å². The van der Waals surface area contributed by atoms with E-state index in [4.69, 9.17) is 5.10 Å². The number of aliphatic hydroxyl groups excluding tert-OH is 1. The van der Waals surface area contributed by atoms with Gasteiger partial charge in [0, 0.05) is 92.7 Å². The van der Waals surface area contributed by atoms with Gasteiger partial charge in [-0.25, -0.2) is 12.8 Å². The van der Waals surface area contributed by atoms with Gasteiger partial charge in [0.25, 0.3) is 0 Å².